The quantitative estimate of drug-likeness (QED) is 0.598. The standard InChI is InChI=1S/C12H11BO6S2/c1-16-11(14)7-3-5-9(20-7)18-13-19-10-6-4-8(21-10)12(15)17-2/h3-6,13H,1-2H3. The maximum Gasteiger partial charge on any atom is 0.577 e. The zero-order valence-corrected chi connectivity index (χ0v) is 12.9. The highest BCUT2D eigenvalue weighted by molar-refractivity contribution is 7.16. The summed E-state index contributed by atoms with van der Waals surface area (Å²) < 4.78 is 19.9. The molecule has 0 bridgehead atoms. The smallest absolute Gasteiger partial charge is 0.521 e. The van der Waals surface area contributed by atoms with Crippen molar-refractivity contribution in [3.63, 3.8) is 0 Å². The summed E-state index contributed by atoms with van der Waals surface area (Å²) in [5.74, 6) is -0.812. The van der Waals surface area contributed by atoms with Crippen molar-refractivity contribution in [2.45, 2.75) is 0 Å². The van der Waals surface area contributed by atoms with Crippen LogP contribution < -0.4 is 9.31 Å². The molecule has 0 radical (unpaired) electrons. The lowest BCUT2D eigenvalue weighted by molar-refractivity contribution is 0.0597. The molecular formula is C12H11BO6S2. The minimum Gasteiger partial charge on any atom is -0.521 e. The molecule has 9 heteroatoms. The molecule has 0 aromatic carbocycles. The molecular weight excluding hydrogens is 315 g/mol. The van der Waals surface area contributed by atoms with Gasteiger partial charge in [-0.05, 0) is 24.3 Å². The van der Waals surface area contributed by atoms with E-state index in [1.165, 1.54) is 36.9 Å². The summed E-state index contributed by atoms with van der Waals surface area (Å²) in [5.41, 5.74) is 0. The first-order valence-corrected chi connectivity index (χ1v) is 7.39. The maximum absolute atomic E-state index is 11.3. The summed E-state index contributed by atoms with van der Waals surface area (Å²) in [6, 6.07) is 6.56. The van der Waals surface area contributed by atoms with Crippen LogP contribution >= 0.6 is 22.7 Å². The molecule has 2 aromatic heterocycles. The molecule has 0 fully saturated rings. The van der Waals surface area contributed by atoms with Crippen LogP contribution in [0.5, 0.6) is 10.1 Å². The summed E-state index contributed by atoms with van der Waals surface area (Å²) >= 11 is 2.33. The average Bonchev–Trinajstić information content (AvgIpc) is 3.15. The van der Waals surface area contributed by atoms with Gasteiger partial charge in [-0.2, -0.15) is 0 Å². The Bertz CT molecular complexity index is 581. The Labute approximate surface area is 129 Å². The van der Waals surface area contributed by atoms with Gasteiger partial charge in [-0.25, -0.2) is 9.59 Å². The molecule has 0 amide bonds. The first-order valence-electron chi connectivity index (χ1n) is 5.76. The zero-order valence-electron chi connectivity index (χ0n) is 11.3. The number of carbonyl (C=O) groups excluding carboxylic acids is 2. The minimum atomic E-state index is -0.406. The predicted octanol–water partition coefficient (Wildman–Crippen LogP) is 2.11. The van der Waals surface area contributed by atoms with Gasteiger partial charge in [0.1, 0.15) is 9.75 Å². The van der Waals surface area contributed by atoms with E-state index in [9.17, 15) is 9.59 Å². The van der Waals surface area contributed by atoms with Crippen LogP contribution in [0.15, 0.2) is 24.3 Å². The number of rotatable bonds is 6. The molecule has 0 aliphatic carbocycles. The van der Waals surface area contributed by atoms with E-state index >= 15 is 0 Å². The highest BCUT2D eigenvalue weighted by atomic mass is 32.1. The molecule has 0 N–H and O–H groups in total. The molecule has 2 aromatic rings. The van der Waals surface area contributed by atoms with E-state index in [4.69, 9.17) is 9.31 Å². The van der Waals surface area contributed by atoms with E-state index in [0.717, 1.165) is 0 Å². The fourth-order valence-electron chi connectivity index (χ4n) is 1.36. The first kappa shape index (κ1) is 15.4. The third-order valence-corrected chi connectivity index (χ3v) is 4.29. The van der Waals surface area contributed by atoms with Crippen molar-refractivity contribution in [1.29, 1.82) is 0 Å². The number of carbonyl (C=O) groups is 2. The van der Waals surface area contributed by atoms with Gasteiger partial charge >= 0.3 is 19.6 Å². The van der Waals surface area contributed by atoms with Crippen molar-refractivity contribution in [3.05, 3.63) is 34.0 Å². The number of hydrogen-bond donors (Lipinski definition) is 0. The summed E-state index contributed by atoms with van der Waals surface area (Å²) in [6.07, 6.45) is 0. The van der Waals surface area contributed by atoms with E-state index in [0.29, 0.717) is 19.9 Å². The lowest BCUT2D eigenvalue weighted by Gasteiger charge is -2.02. The summed E-state index contributed by atoms with van der Waals surface area (Å²) in [6.45, 7) is 0. The van der Waals surface area contributed by atoms with Crippen molar-refractivity contribution in [2.24, 2.45) is 0 Å². The SMILES string of the molecule is COC(=O)c1ccc(OBOc2ccc(C(=O)OC)s2)s1. The van der Waals surface area contributed by atoms with Crippen molar-refractivity contribution in [1.82, 2.24) is 0 Å². The Hall–Kier alpha value is -2.00. The fraction of sp³-hybridized carbons (Fsp3) is 0.167. The molecule has 2 rings (SSSR count). The Morgan fingerprint density at radius 2 is 1.29 bits per heavy atom. The van der Waals surface area contributed by atoms with Crippen LogP contribution in [-0.4, -0.2) is 33.8 Å². The highest BCUT2D eigenvalue weighted by Gasteiger charge is 2.12. The van der Waals surface area contributed by atoms with Gasteiger partial charge in [0, 0.05) is 0 Å². The molecule has 0 atom stereocenters. The second-order valence-electron chi connectivity index (χ2n) is 3.63. The van der Waals surface area contributed by atoms with E-state index < -0.39 is 11.9 Å². The third-order valence-electron chi connectivity index (χ3n) is 2.34. The molecule has 0 aliphatic heterocycles. The Balaban J connectivity index is 1.84. The second kappa shape index (κ2) is 7.14. The maximum atomic E-state index is 11.3. The number of thiophene rings is 2. The molecule has 21 heavy (non-hydrogen) atoms. The van der Waals surface area contributed by atoms with Crippen molar-refractivity contribution in [2.75, 3.05) is 14.2 Å². The largest absolute Gasteiger partial charge is 0.577 e. The molecule has 0 unspecified atom stereocenters. The minimum absolute atomic E-state index is 0.0255. The molecule has 110 valence electrons. The van der Waals surface area contributed by atoms with Gasteiger partial charge in [-0.15, -0.1) is 0 Å². The van der Waals surface area contributed by atoms with Crippen LogP contribution in [0.3, 0.4) is 0 Å². The van der Waals surface area contributed by atoms with Crippen molar-refractivity contribution < 1.29 is 28.4 Å². The van der Waals surface area contributed by atoms with Gasteiger partial charge in [-0.3, -0.25) is 0 Å². The van der Waals surface area contributed by atoms with Gasteiger partial charge in [0.15, 0.2) is 10.1 Å². The fourth-order valence-corrected chi connectivity index (χ4v) is 2.89. The molecule has 6 nitrogen and oxygen atoms in total. The third kappa shape index (κ3) is 3.99. The number of ether oxygens (including phenoxy) is 2. The predicted molar refractivity (Wildman–Crippen MR) is 79.7 cm³/mol. The Morgan fingerprint density at radius 3 is 1.67 bits per heavy atom. The second-order valence-corrected chi connectivity index (χ2v) is 5.72. The molecule has 0 aliphatic rings. The van der Waals surface area contributed by atoms with Gasteiger partial charge in [0.2, 0.25) is 0 Å². The summed E-state index contributed by atoms with van der Waals surface area (Å²) in [7, 11) is 2.62. The van der Waals surface area contributed by atoms with E-state index in [2.05, 4.69) is 9.47 Å². The average molecular weight is 326 g/mol. The highest BCUT2D eigenvalue weighted by Crippen LogP contribution is 2.27. The topological polar surface area (TPSA) is 71.1 Å². The number of esters is 2. The van der Waals surface area contributed by atoms with E-state index in [1.54, 1.807) is 24.3 Å². The van der Waals surface area contributed by atoms with E-state index in [-0.39, 0.29) is 7.69 Å². The zero-order chi connectivity index (χ0) is 15.2. The van der Waals surface area contributed by atoms with Crippen LogP contribution in [0.2, 0.25) is 0 Å². The Kier molecular flexibility index (Phi) is 5.23. The lowest BCUT2D eigenvalue weighted by Crippen LogP contribution is -2.09. The van der Waals surface area contributed by atoms with Gasteiger partial charge in [0.25, 0.3) is 0 Å². The molecule has 0 saturated heterocycles. The molecule has 0 spiro atoms. The number of methoxy groups -OCH3 is 2. The van der Waals surface area contributed by atoms with Gasteiger partial charge in [0.05, 0.1) is 14.2 Å². The van der Waals surface area contributed by atoms with Crippen LogP contribution in [0.1, 0.15) is 19.3 Å². The van der Waals surface area contributed by atoms with E-state index in [1.807, 2.05) is 0 Å². The van der Waals surface area contributed by atoms with Crippen LogP contribution in [0, 0.1) is 0 Å². The summed E-state index contributed by atoms with van der Waals surface area (Å²) in [4.78, 5) is 23.5. The van der Waals surface area contributed by atoms with Gasteiger partial charge < -0.3 is 18.8 Å². The Morgan fingerprint density at radius 1 is 0.857 bits per heavy atom. The first-order chi connectivity index (χ1) is 10.1. The van der Waals surface area contributed by atoms with Gasteiger partial charge in [-0.1, -0.05) is 22.7 Å². The lowest BCUT2D eigenvalue weighted by atomic mass is 10.4. The van der Waals surface area contributed by atoms with Crippen LogP contribution in [0.25, 0.3) is 0 Å². The van der Waals surface area contributed by atoms with Crippen molar-refractivity contribution in [3.8, 4) is 10.1 Å². The monoisotopic (exact) mass is 326 g/mol. The summed E-state index contributed by atoms with van der Waals surface area (Å²) in [5, 5.41) is 1.08. The molecule has 2 heterocycles. The van der Waals surface area contributed by atoms with Crippen molar-refractivity contribution >= 4 is 42.3 Å². The van der Waals surface area contributed by atoms with Crippen LogP contribution in [0.4, 0.5) is 0 Å². The van der Waals surface area contributed by atoms with Crippen LogP contribution in [-0.2, 0) is 9.47 Å². The number of hydrogen-bond acceptors (Lipinski definition) is 8. The normalized spacial score (nSPS) is 9.81. The molecule has 0 saturated carbocycles.